The molecule has 202 valence electrons. The minimum Gasteiger partial charge on any atom is -0.469 e. The number of hydrogen-bond donors (Lipinski definition) is 0. The Kier molecular flexibility index (Phi) is 20.1. The van der Waals surface area contributed by atoms with E-state index in [0.29, 0.717) is 6.42 Å². The fraction of sp³-hybridized carbons (Fsp3) is 0.968. The fourth-order valence-corrected chi connectivity index (χ4v) is 5.75. The Hall–Kier alpha value is -0.570. The number of rotatable bonds is 25. The molecule has 0 aromatic heterocycles. The van der Waals surface area contributed by atoms with E-state index in [2.05, 4.69) is 25.9 Å². The molecule has 3 heteroatoms. The van der Waals surface area contributed by atoms with Crippen LogP contribution in [0, 0.1) is 17.8 Å². The highest BCUT2D eigenvalue weighted by Gasteiger charge is 2.34. The standard InChI is InChI=1S/C31H61NO2/c1-5-6-7-8-13-18-23-29-26-30(29)24-19-14-9-11-16-21-28(27-32(2)3)22-17-12-10-15-20-25-31(33)34-4/h28-30H,5-27H2,1-4H3. The first kappa shape index (κ1) is 31.5. The van der Waals surface area contributed by atoms with Crippen LogP contribution in [0.5, 0.6) is 0 Å². The second-order valence-corrected chi connectivity index (χ2v) is 11.7. The molecule has 1 fully saturated rings. The van der Waals surface area contributed by atoms with Gasteiger partial charge in [0.1, 0.15) is 0 Å². The second-order valence-electron chi connectivity index (χ2n) is 11.7. The van der Waals surface area contributed by atoms with Gasteiger partial charge in [-0.05, 0) is 57.5 Å². The van der Waals surface area contributed by atoms with E-state index in [0.717, 1.165) is 30.6 Å². The normalized spacial score (nSPS) is 18.4. The molecule has 0 N–H and O–H groups in total. The number of nitrogens with zero attached hydrogens (tertiary/aromatic N) is 1. The highest BCUT2D eigenvalue weighted by molar-refractivity contribution is 5.68. The minimum absolute atomic E-state index is 0.0636. The van der Waals surface area contributed by atoms with Crippen molar-refractivity contribution in [1.82, 2.24) is 4.90 Å². The lowest BCUT2D eigenvalue weighted by molar-refractivity contribution is -0.140. The molecule has 0 radical (unpaired) electrons. The maximum Gasteiger partial charge on any atom is 0.305 e. The van der Waals surface area contributed by atoms with Gasteiger partial charge in [0.15, 0.2) is 0 Å². The quantitative estimate of drug-likeness (QED) is 0.0965. The summed E-state index contributed by atoms with van der Waals surface area (Å²) in [4.78, 5) is 13.5. The van der Waals surface area contributed by atoms with E-state index in [1.165, 1.54) is 129 Å². The average molecular weight is 480 g/mol. The summed E-state index contributed by atoms with van der Waals surface area (Å²) in [6, 6.07) is 0. The van der Waals surface area contributed by atoms with E-state index < -0.39 is 0 Å². The highest BCUT2D eigenvalue weighted by Crippen LogP contribution is 2.45. The van der Waals surface area contributed by atoms with Gasteiger partial charge in [0.25, 0.3) is 0 Å². The van der Waals surface area contributed by atoms with Crippen molar-refractivity contribution in [3.8, 4) is 0 Å². The first-order valence-electron chi connectivity index (χ1n) is 15.3. The van der Waals surface area contributed by atoms with Crippen molar-refractivity contribution >= 4 is 5.97 Å². The van der Waals surface area contributed by atoms with Gasteiger partial charge < -0.3 is 9.64 Å². The summed E-state index contributed by atoms with van der Waals surface area (Å²) in [6.07, 6.45) is 30.0. The summed E-state index contributed by atoms with van der Waals surface area (Å²) in [7, 11) is 5.92. The summed E-state index contributed by atoms with van der Waals surface area (Å²) in [5.74, 6) is 3.00. The molecule has 1 aliphatic carbocycles. The molecule has 0 aromatic carbocycles. The first-order valence-corrected chi connectivity index (χ1v) is 15.3. The predicted octanol–water partition coefficient (Wildman–Crippen LogP) is 9.19. The van der Waals surface area contributed by atoms with Gasteiger partial charge in [-0.3, -0.25) is 4.79 Å². The Morgan fingerprint density at radius 3 is 1.71 bits per heavy atom. The van der Waals surface area contributed by atoms with Crippen LogP contribution < -0.4 is 0 Å². The third kappa shape index (κ3) is 18.7. The highest BCUT2D eigenvalue weighted by atomic mass is 16.5. The molecule has 0 spiro atoms. The van der Waals surface area contributed by atoms with E-state index in [4.69, 9.17) is 4.74 Å². The average Bonchev–Trinajstić information content (AvgIpc) is 3.57. The summed E-state index contributed by atoms with van der Waals surface area (Å²) in [5, 5.41) is 0. The SMILES string of the molecule is CCCCCCCCC1CC1CCCCCCCC(CCCCCCCC(=O)OC)CN(C)C. The number of ether oxygens (including phenoxy) is 1. The van der Waals surface area contributed by atoms with Crippen molar-refractivity contribution in [3.63, 3.8) is 0 Å². The van der Waals surface area contributed by atoms with Crippen LogP contribution in [0.3, 0.4) is 0 Å². The molecule has 3 nitrogen and oxygen atoms in total. The molecule has 1 rings (SSSR count). The zero-order valence-corrected chi connectivity index (χ0v) is 23.8. The number of carbonyl (C=O) groups excluding carboxylic acids is 1. The third-order valence-electron chi connectivity index (χ3n) is 8.03. The van der Waals surface area contributed by atoms with E-state index >= 15 is 0 Å². The Balaban J connectivity index is 1.93. The van der Waals surface area contributed by atoms with Gasteiger partial charge in [-0.2, -0.15) is 0 Å². The first-order chi connectivity index (χ1) is 16.6. The van der Waals surface area contributed by atoms with Gasteiger partial charge in [-0.25, -0.2) is 0 Å². The lowest BCUT2D eigenvalue weighted by atomic mass is 9.93. The summed E-state index contributed by atoms with van der Waals surface area (Å²) >= 11 is 0. The van der Waals surface area contributed by atoms with Crippen molar-refractivity contribution in [3.05, 3.63) is 0 Å². The molecular formula is C31H61NO2. The van der Waals surface area contributed by atoms with Gasteiger partial charge in [0.2, 0.25) is 0 Å². The fourth-order valence-electron chi connectivity index (χ4n) is 5.75. The molecule has 0 amide bonds. The van der Waals surface area contributed by atoms with Gasteiger partial charge in [0, 0.05) is 13.0 Å². The van der Waals surface area contributed by atoms with Crippen LogP contribution >= 0.6 is 0 Å². The Morgan fingerprint density at radius 2 is 1.21 bits per heavy atom. The van der Waals surface area contributed by atoms with Crippen LogP contribution in [0.1, 0.15) is 148 Å². The third-order valence-corrected chi connectivity index (χ3v) is 8.03. The predicted molar refractivity (Wildman–Crippen MR) is 148 cm³/mol. The largest absolute Gasteiger partial charge is 0.469 e. The molecule has 34 heavy (non-hydrogen) atoms. The minimum atomic E-state index is -0.0636. The van der Waals surface area contributed by atoms with E-state index in [1.807, 2.05) is 0 Å². The number of methoxy groups -OCH3 is 1. The van der Waals surface area contributed by atoms with Crippen molar-refractivity contribution < 1.29 is 9.53 Å². The van der Waals surface area contributed by atoms with Crippen molar-refractivity contribution in [1.29, 1.82) is 0 Å². The summed E-state index contributed by atoms with van der Waals surface area (Å²) in [6.45, 7) is 3.55. The zero-order chi connectivity index (χ0) is 24.9. The van der Waals surface area contributed by atoms with Gasteiger partial charge in [0.05, 0.1) is 7.11 Å². The van der Waals surface area contributed by atoms with Crippen molar-refractivity contribution in [2.75, 3.05) is 27.7 Å². The lowest BCUT2D eigenvalue weighted by Crippen LogP contribution is -2.21. The van der Waals surface area contributed by atoms with Crippen molar-refractivity contribution in [2.24, 2.45) is 17.8 Å². The number of unbranched alkanes of at least 4 members (excludes halogenated alkanes) is 13. The topological polar surface area (TPSA) is 29.5 Å². The van der Waals surface area contributed by atoms with Crippen molar-refractivity contribution in [2.45, 2.75) is 148 Å². The van der Waals surface area contributed by atoms with Crippen LogP contribution in [-0.2, 0) is 9.53 Å². The molecule has 0 bridgehead atoms. The molecular weight excluding hydrogens is 418 g/mol. The van der Waals surface area contributed by atoms with Crippen LogP contribution in [0.2, 0.25) is 0 Å². The van der Waals surface area contributed by atoms with Crippen LogP contribution in [0.15, 0.2) is 0 Å². The Bertz CT molecular complexity index is 464. The van der Waals surface area contributed by atoms with Gasteiger partial charge >= 0.3 is 5.97 Å². The molecule has 0 aromatic rings. The molecule has 1 aliphatic rings. The van der Waals surface area contributed by atoms with Crippen LogP contribution in [-0.4, -0.2) is 38.6 Å². The number of esters is 1. The molecule has 0 heterocycles. The Labute approximate surface area is 214 Å². The molecule has 1 saturated carbocycles. The molecule has 3 unspecified atom stereocenters. The zero-order valence-electron chi connectivity index (χ0n) is 23.8. The van der Waals surface area contributed by atoms with Crippen LogP contribution in [0.25, 0.3) is 0 Å². The maximum absolute atomic E-state index is 11.2. The summed E-state index contributed by atoms with van der Waals surface area (Å²) < 4.78 is 4.71. The molecule has 0 saturated heterocycles. The van der Waals surface area contributed by atoms with E-state index in [9.17, 15) is 4.79 Å². The number of carbonyl (C=O) groups is 1. The maximum atomic E-state index is 11.2. The monoisotopic (exact) mass is 479 g/mol. The number of hydrogen-bond acceptors (Lipinski definition) is 3. The summed E-state index contributed by atoms with van der Waals surface area (Å²) in [5.41, 5.74) is 0. The smallest absolute Gasteiger partial charge is 0.305 e. The van der Waals surface area contributed by atoms with E-state index in [1.54, 1.807) is 6.42 Å². The van der Waals surface area contributed by atoms with Gasteiger partial charge in [-0.1, -0.05) is 116 Å². The lowest BCUT2D eigenvalue weighted by Gasteiger charge is -2.21. The van der Waals surface area contributed by atoms with Crippen LogP contribution in [0.4, 0.5) is 0 Å². The van der Waals surface area contributed by atoms with E-state index in [-0.39, 0.29) is 5.97 Å². The second kappa shape index (κ2) is 21.7. The Morgan fingerprint density at radius 1 is 0.735 bits per heavy atom. The molecule has 3 atom stereocenters. The molecule has 0 aliphatic heterocycles. The van der Waals surface area contributed by atoms with Gasteiger partial charge in [-0.15, -0.1) is 0 Å².